The molecule has 0 saturated heterocycles. The molecule has 0 amide bonds. The number of hydrogen-bond acceptors (Lipinski definition) is 5. The van der Waals surface area contributed by atoms with Gasteiger partial charge in [0.2, 0.25) is 0 Å². The van der Waals surface area contributed by atoms with Crippen molar-refractivity contribution in [3.63, 3.8) is 0 Å². The fraction of sp³-hybridized carbons (Fsp3) is 0.231. The van der Waals surface area contributed by atoms with Crippen LogP contribution in [0.4, 0.5) is 0 Å². The van der Waals surface area contributed by atoms with Crippen molar-refractivity contribution in [3.8, 4) is 5.69 Å². The van der Waals surface area contributed by atoms with Crippen LogP contribution in [0.5, 0.6) is 0 Å². The Bertz CT molecular complexity index is 734. The Morgan fingerprint density at radius 3 is 2.75 bits per heavy atom. The quantitative estimate of drug-likeness (QED) is 0.798. The zero-order valence-electron chi connectivity index (χ0n) is 11.1. The number of benzene rings is 1. The van der Waals surface area contributed by atoms with Gasteiger partial charge in [0.1, 0.15) is 0 Å². The van der Waals surface area contributed by atoms with Crippen molar-refractivity contribution in [1.29, 1.82) is 0 Å². The van der Waals surface area contributed by atoms with Crippen molar-refractivity contribution in [2.24, 2.45) is 0 Å². The molecule has 1 aromatic carbocycles. The Kier molecular flexibility index (Phi) is 3.89. The lowest BCUT2D eigenvalue weighted by Gasteiger charge is -2.08. The van der Waals surface area contributed by atoms with Gasteiger partial charge in [-0.1, -0.05) is 6.07 Å². The Balaban J connectivity index is 2.48. The first-order valence-electron chi connectivity index (χ1n) is 5.95. The summed E-state index contributed by atoms with van der Waals surface area (Å²) in [7, 11) is -3.32. The van der Waals surface area contributed by atoms with E-state index in [1.165, 1.54) is 29.1 Å². The van der Waals surface area contributed by atoms with Crippen LogP contribution in [0.15, 0.2) is 41.4 Å². The van der Waals surface area contributed by atoms with Crippen LogP contribution in [0.25, 0.3) is 5.69 Å². The predicted molar refractivity (Wildman–Crippen MR) is 72.6 cm³/mol. The molecular formula is C13H14N2O4S. The van der Waals surface area contributed by atoms with Crippen LogP contribution in [0, 0.1) is 0 Å². The largest absolute Gasteiger partial charge is 0.461 e. The third-order valence-electron chi connectivity index (χ3n) is 2.62. The number of sulfone groups is 1. The first-order chi connectivity index (χ1) is 9.43. The molecule has 20 heavy (non-hydrogen) atoms. The van der Waals surface area contributed by atoms with Crippen LogP contribution in [-0.2, 0) is 14.6 Å². The molecule has 0 bridgehead atoms. The van der Waals surface area contributed by atoms with Gasteiger partial charge >= 0.3 is 5.97 Å². The van der Waals surface area contributed by atoms with Crippen molar-refractivity contribution in [1.82, 2.24) is 9.78 Å². The first kappa shape index (κ1) is 14.3. The predicted octanol–water partition coefficient (Wildman–Crippen LogP) is 1.45. The summed E-state index contributed by atoms with van der Waals surface area (Å²) >= 11 is 0. The van der Waals surface area contributed by atoms with Gasteiger partial charge in [-0.25, -0.2) is 17.9 Å². The van der Waals surface area contributed by atoms with Crippen molar-refractivity contribution in [2.45, 2.75) is 11.8 Å². The summed E-state index contributed by atoms with van der Waals surface area (Å²) in [5, 5.41) is 4.03. The fourth-order valence-electron chi connectivity index (χ4n) is 1.71. The minimum Gasteiger partial charge on any atom is -0.461 e. The lowest BCUT2D eigenvalue weighted by atomic mass is 10.3. The normalized spacial score (nSPS) is 11.3. The highest BCUT2D eigenvalue weighted by Gasteiger charge is 2.15. The van der Waals surface area contributed by atoms with Crippen LogP contribution in [0.2, 0.25) is 0 Å². The van der Waals surface area contributed by atoms with E-state index in [1.54, 1.807) is 19.1 Å². The van der Waals surface area contributed by atoms with E-state index in [-0.39, 0.29) is 17.2 Å². The molecule has 0 aliphatic heterocycles. The third-order valence-corrected chi connectivity index (χ3v) is 3.73. The highest BCUT2D eigenvalue weighted by Crippen LogP contribution is 2.16. The maximum Gasteiger partial charge on any atom is 0.357 e. The van der Waals surface area contributed by atoms with Crippen molar-refractivity contribution in [2.75, 3.05) is 12.9 Å². The van der Waals surface area contributed by atoms with E-state index in [2.05, 4.69) is 5.10 Å². The standard InChI is InChI=1S/C13H14N2O4S/c1-3-19-13(16)12-7-8-14-15(12)10-5-4-6-11(9-10)20(2,17)18/h4-9H,3H2,1-2H3. The maximum absolute atomic E-state index is 11.8. The number of rotatable bonds is 4. The van der Waals surface area contributed by atoms with Gasteiger partial charge in [0, 0.05) is 6.26 Å². The summed E-state index contributed by atoms with van der Waals surface area (Å²) < 4.78 is 29.4. The van der Waals surface area contributed by atoms with Gasteiger partial charge in [-0.05, 0) is 31.2 Å². The Hall–Kier alpha value is -2.15. The highest BCUT2D eigenvalue weighted by molar-refractivity contribution is 7.90. The summed E-state index contributed by atoms with van der Waals surface area (Å²) in [5.41, 5.74) is 0.735. The number of esters is 1. The second kappa shape index (κ2) is 5.46. The molecular weight excluding hydrogens is 280 g/mol. The zero-order valence-corrected chi connectivity index (χ0v) is 11.9. The monoisotopic (exact) mass is 294 g/mol. The molecule has 2 rings (SSSR count). The molecule has 0 N–H and O–H groups in total. The SMILES string of the molecule is CCOC(=O)c1ccnn1-c1cccc(S(C)(=O)=O)c1. The smallest absolute Gasteiger partial charge is 0.357 e. The number of ether oxygens (including phenoxy) is 1. The molecule has 0 unspecified atom stereocenters. The molecule has 0 aliphatic rings. The topological polar surface area (TPSA) is 78.3 Å². The van der Waals surface area contributed by atoms with Gasteiger partial charge in [0.25, 0.3) is 0 Å². The summed E-state index contributed by atoms with van der Waals surface area (Å²) in [6.45, 7) is 1.97. The lowest BCUT2D eigenvalue weighted by molar-refractivity contribution is 0.0515. The van der Waals surface area contributed by atoms with Gasteiger partial charge < -0.3 is 4.74 Å². The highest BCUT2D eigenvalue weighted by atomic mass is 32.2. The Morgan fingerprint density at radius 1 is 1.35 bits per heavy atom. The molecule has 7 heteroatoms. The fourth-order valence-corrected chi connectivity index (χ4v) is 2.38. The first-order valence-corrected chi connectivity index (χ1v) is 7.84. The molecule has 106 valence electrons. The van der Waals surface area contributed by atoms with Gasteiger partial charge in [0.15, 0.2) is 15.5 Å². The number of aromatic nitrogens is 2. The Labute approximate surface area is 116 Å². The van der Waals surface area contributed by atoms with E-state index in [0.717, 1.165) is 6.26 Å². The number of hydrogen-bond donors (Lipinski definition) is 0. The van der Waals surface area contributed by atoms with Crippen LogP contribution < -0.4 is 0 Å². The number of carbonyl (C=O) groups excluding carboxylic acids is 1. The second-order valence-electron chi connectivity index (χ2n) is 4.12. The summed E-state index contributed by atoms with van der Waals surface area (Å²) in [4.78, 5) is 11.9. The maximum atomic E-state index is 11.8. The summed E-state index contributed by atoms with van der Waals surface area (Å²) in [6.07, 6.45) is 2.58. The van der Waals surface area contributed by atoms with Crippen molar-refractivity contribution < 1.29 is 17.9 Å². The minimum atomic E-state index is -3.32. The average molecular weight is 294 g/mol. The van der Waals surface area contributed by atoms with E-state index in [4.69, 9.17) is 4.74 Å². The molecule has 2 aromatic rings. The van der Waals surface area contributed by atoms with Gasteiger partial charge in [-0.2, -0.15) is 5.10 Å². The molecule has 6 nitrogen and oxygen atoms in total. The van der Waals surface area contributed by atoms with E-state index in [9.17, 15) is 13.2 Å². The molecule has 0 saturated carbocycles. The molecule has 0 atom stereocenters. The molecule has 0 aliphatic carbocycles. The van der Waals surface area contributed by atoms with Gasteiger partial charge in [-0.3, -0.25) is 0 Å². The summed E-state index contributed by atoms with van der Waals surface area (Å²) in [6, 6.07) is 7.75. The molecule has 1 aromatic heterocycles. The summed E-state index contributed by atoms with van der Waals surface area (Å²) in [5.74, 6) is -0.505. The molecule has 1 heterocycles. The molecule has 0 spiro atoms. The van der Waals surface area contributed by atoms with Gasteiger partial charge in [-0.15, -0.1) is 0 Å². The van der Waals surface area contributed by atoms with Crippen molar-refractivity contribution in [3.05, 3.63) is 42.2 Å². The van der Waals surface area contributed by atoms with Crippen molar-refractivity contribution >= 4 is 15.8 Å². The van der Waals surface area contributed by atoms with Crippen LogP contribution in [0.3, 0.4) is 0 Å². The van der Waals surface area contributed by atoms with Gasteiger partial charge in [0.05, 0.1) is 23.4 Å². The molecule has 0 radical (unpaired) electrons. The van der Waals surface area contributed by atoms with E-state index >= 15 is 0 Å². The van der Waals surface area contributed by atoms with E-state index in [0.29, 0.717) is 5.69 Å². The minimum absolute atomic E-state index is 0.167. The third kappa shape index (κ3) is 2.88. The van der Waals surface area contributed by atoms with Crippen LogP contribution >= 0.6 is 0 Å². The van der Waals surface area contributed by atoms with Crippen LogP contribution in [-0.4, -0.2) is 37.0 Å². The second-order valence-corrected chi connectivity index (χ2v) is 6.13. The van der Waals surface area contributed by atoms with E-state index < -0.39 is 15.8 Å². The van der Waals surface area contributed by atoms with Crippen LogP contribution in [0.1, 0.15) is 17.4 Å². The number of nitrogens with zero attached hydrogens (tertiary/aromatic N) is 2. The average Bonchev–Trinajstić information content (AvgIpc) is 2.87. The molecule has 0 fully saturated rings. The zero-order chi connectivity index (χ0) is 14.8. The number of carbonyl (C=O) groups is 1. The lowest BCUT2D eigenvalue weighted by Crippen LogP contribution is -2.12. The van der Waals surface area contributed by atoms with E-state index in [1.807, 2.05) is 0 Å². The Morgan fingerprint density at radius 2 is 2.10 bits per heavy atom.